The van der Waals surface area contributed by atoms with Gasteiger partial charge in [0.25, 0.3) is 0 Å². The number of nitrogens with one attached hydrogen (secondary N) is 1. The monoisotopic (exact) mass is 207 g/mol. The highest BCUT2D eigenvalue weighted by Gasteiger charge is 2.09. The topological polar surface area (TPSA) is 50.9 Å². The molecule has 3 N–H and O–H groups in total. The van der Waals surface area contributed by atoms with Crippen LogP contribution in [0.2, 0.25) is 0 Å². The maximum atomic E-state index is 5.85. The van der Waals surface area contributed by atoms with Gasteiger partial charge in [0.05, 0.1) is 5.69 Å². The second-order valence-electron chi connectivity index (χ2n) is 5.19. The zero-order valence-corrected chi connectivity index (χ0v) is 10.1. The average molecular weight is 207 g/mol. The molecule has 0 atom stereocenters. The van der Waals surface area contributed by atoms with Gasteiger partial charge in [-0.2, -0.15) is 0 Å². The summed E-state index contributed by atoms with van der Waals surface area (Å²) in [4.78, 5) is 4.26. The number of rotatable bonds is 3. The number of nitrogen functional groups attached to an aromatic ring is 1. The number of pyridine rings is 1. The molecular weight excluding hydrogens is 186 g/mol. The summed E-state index contributed by atoms with van der Waals surface area (Å²) in [5, 5.41) is 3.26. The fraction of sp³-hybridized carbons (Fsp3) is 0.583. The van der Waals surface area contributed by atoms with Crippen LogP contribution < -0.4 is 11.1 Å². The normalized spacial score (nSPS) is 11.5. The van der Waals surface area contributed by atoms with Crippen LogP contribution in [0.5, 0.6) is 0 Å². The Labute approximate surface area is 92.1 Å². The lowest BCUT2D eigenvalue weighted by Gasteiger charge is -2.18. The molecule has 1 rings (SSSR count). The van der Waals surface area contributed by atoms with E-state index in [1.807, 2.05) is 19.2 Å². The maximum Gasteiger partial charge on any atom is 0.149 e. The van der Waals surface area contributed by atoms with Crippen LogP contribution in [0.15, 0.2) is 12.3 Å². The minimum atomic E-state index is 0.340. The van der Waals surface area contributed by atoms with E-state index in [0.717, 1.165) is 30.0 Å². The molecule has 3 heteroatoms. The average Bonchev–Trinajstić information content (AvgIpc) is 2.07. The SMILES string of the molecule is Cc1cnc(NCCC(C)(C)C)c(N)c1. The highest BCUT2D eigenvalue weighted by atomic mass is 15.0. The first-order valence-electron chi connectivity index (χ1n) is 5.34. The van der Waals surface area contributed by atoms with E-state index in [2.05, 4.69) is 31.1 Å². The fourth-order valence-corrected chi connectivity index (χ4v) is 1.30. The molecule has 0 saturated heterocycles. The van der Waals surface area contributed by atoms with Crippen molar-refractivity contribution < 1.29 is 0 Å². The molecule has 1 aromatic heterocycles. The summed E-state index contributed by atoms with van der Waals surface area (Å²) in [5.74, 6) is 0.796. The molecule has 0 bridgehead atoms. The highest BCUT2D eigenvalue weighted by Crippen LogP contribution is 2.20. The van der Waals surface area contributed by atoms with Crippen LogP contribution in [-0.4, -0.2) is 11.5 Å². The summed E-state index contributed by atoms with van der Waals surface area (Å²) in [7, 11) is 0. The molecule has 0 aliphatic carbocycles. The Balaban J connectivity index is 2.51. The number of nitrogens with two attached hydrogens (primary N) is 1. The number of anilines is 2. The quantitative estimate of drug-likeness (QED) is 0.801. The minimum absolute atomic E-state index is 0.340. The second-order valence-corrected chi connectivity index (χ2v) is 5.19. The minimum Gasteiger partial charge on any atom is -0.396 e. The Kier molecular flexibility index (Phi) is 3.56. The molecule has 0 spiro atoms. The first-order chi connectivity index (χ1) is 6.88. The molecule has 1 heterocycles. The Morgan fingerprint density at radius 3 is 2.60 bits per heavy atom. The largest absolute Gasteiger partial charge is 0.396 e. The zero-order valence-electron chi connectivity index (χ0n) is 10.1. The van der Waals surface area contributed by atoms with Gasteiger partial charge in [-0.25, -0.2) is 4.98 Å². The van der Waals surface area contributed by atoms with Crippen molar-refractivity contribution in [3.05, 3.63) is 17.8 Å². The van der Waals surface area contributed by atoms with E-state index < -0.39 is 0 Å². The number of hydrogen-bond donors (Lipinski definition) is 2. The lowest BCUT2D eigenvalue weighted by atomic mass is 9.92. The number of hydrogen-bond acceptors (Lipinski definition) is 3. The van der Waals surface area contributed by atoms with Crippen LogP contribution in [0.3, 0.4) is 0 Å². The fourth-order valence-electron chi connectivity index (χ4n) is 1.30. The first-order valence-corrected chi connectivity index (χ1v) is 5.34. The molecule has 15 heavy (non-hydrogen) atoms. The van der Waals surface area contributed by atoms with Crippen molar-refractivity contribution in [3.63, 3.8) is 0 Å². The predicted molar refractivity (Wildman–Crippen MR) is 65.9 cm³/mol. The van der Waals surface area contributed by atoms with Crippen molar-refractivity contribution in [1.29, 1.82) is 0 Å². The number of aromatic nitrogens is 1. The van der Waals surface area contributed by atoms with Crippen molar-refractivity contribution in [2.45, 2.75) is 34.1 Å². The molecule has 1 aromatic rings. The Morgan fingerprint density at radius 1 is 1.40 bits per heavy atom. The van der Waals surface area contributed by atoms with E-state index in [4.69, 9.17) is 5.73 Å². The van der Waals surface area contributed by atoms with Crippen molar-refractivity contribution in [2.24, 2.45) is 5.41 Å². The molecule has 0 unspecified atom stereocenters. The van der Waals surface area contributed by atoms with Crippen LogP contribution in [0.1, 0.15) is 32.8 Å². The van der Waals surface area contributed by atoms with E-state index in [1.54, 1.807) is 0 Å². The highest BCUT2D eigenvalue weighted by molar-refractivity contribution is 5.61. The van der Waals surface area contributed by atoms with E-state index in [1.165, 1.54) is 0 Å². The predicted octanol–water partition coefficient (Wildman–Crippen LogP) is 2.82. The van der Waals surface area contributed by atoms with Crippen molar-refractivity contribution in [2.75, 3.05) is 17.6 Å². The van der Waals surface area contributed by atoms with Crippen LogP contribution in [0.25, 0.3) is 0 Å². The van der Waals surface area contributed by atoms with Crippen molar-refractivity contribution in [3.8, 4) is 0 Å². The molecule has 0 radical (unpaired) electrons. The summed E-state index contributed by atoms with van der Waals surface area (Å²) in [6.07, 6.45) is 2.93. The van der Waals surface area contributed by atoms with Crippen LogP contribution >= 0.6 is 0 Å². The lowest BCUT2D eigenvalue weighted by Crippen LogP contribution is -2.14. The van der Waals surface area contributed by atoms with Crippen LogP contribution in [-0.2, 0) is 0 Å². The molecular formula is C12H21N3. The zero-order chi connectivity index (χ0) is 11.5. The van der Waals surface area contributed by atoms with Crippen molar-refractivity contribution >= 4 is 11.5 Å². The van der Waals surface area contributed by atoms with Gasteiger partial charge in [-0.05, 0) is 30.4 Å². The van der Waals surface area contributed by atoms with Crippen molar-refractivity contribution in [1.82, 2.24) is 4.98 Å². The third kappa shape index (κ3) is 4.19. The molecule has 0 aliphatic heterocycles. The summed E-state index contributed by atoms with van der Waals surface area (Å²) in [6, 6.07) is 1.94. The van der Waals surface area contributed by atoms with Gasteiger partial charge in [0.15, 0.2) is 0 Å². The molecule has 0 aliphatic rings. The van der Waals surface area contributed by atoms with Gasteiger partial charge in [-0.3, -0.25) is 0 Å². The Hall–Kier alpha value is -1.25. The summed E-state index contributed by atoms with van der Waals surface area (Å²) < 4.78 is 0. The Morgan fingerprint density at radius 2 is 2.07 bits per heavy atom. The summed E-state index contributed by atoms with van der Waals surface area (Å²) in [6.45, 7) is 9.56. The molecule has 0 fully saturated rings. The summed E-state index contributed by atoms with van der Waals surface area (Å²) >= 11 is 0. The van der Waals surface area contributed by atoms with Crippen LogP contribution in [0, 0.1) is 12.3 Å². The van der Waals surface area contributed by atoms with E-state index in [-0.39, 0.29) is 0 Å². The standard InChI is InChI=1S/C12H21N3/c1-9-7-10(13)11(15-8-9)14-6-5-12(2,3)4/h7-8H,5-6,13H2,1-4H3,(H,14,15). The molecule has 84 valence electrons. The van der Waals surface area contributed by atoms with Gasteiger partial charge in [-0.1, -0.05) is 20.8 Å². The second kappa shape index (κ2) is 4.51. The van der Waals surface area contributed by atoms with E-state index in [9.17, 15) is 0 Å². The molecule has 0 aromatic carbocycles. The lowest BCUT2D eigenvalue weighted by molar-refractivity contribution is 0.389. The number of aryl methyl sites for hydroxylation is 1. The van der Waals surface area contributed by atoms with Gasteiger partial charge in [0.2, 0.25) is 0 Å². The van der Waals surface area contributed by atoms with Gasteiger partial charge in [0, 0.05) is 12.7 Å². The summed E-state index contributed by atoms with van der Waals surface area (Å²) in [5.41, 5.74) is 8.00. The Bertz CT molecular complexity index is 326. The van der Waals surface area contributed by atoms with Gasteiger partial charge in [0.1, 0.15) is 5.82 Å². The third-order valence-electron chi connectivity index (χ3n) is 2.22. The molecule has 3 nitrogen and oxygen atoms in total. The maximum absolute atomic E-state index is 5.85. The molecule has 0 saturated carbocycles. The van der Waals surface area contributed by atoms with Gasteiger partial charge in [-0.15, -0.1) is 0 Å². The first kappa shape index (κ1) is 11.8. The van der Waals surface area contributed by atoms with E-state index >= 15 is 0 Å². The smallest absolute Gasteiger partial charge is 0.149 e. The van der Waals surface area contributed by atoms with E-state index in [0.29, 0.717) is 5.41 Å². The number of nitrogens with zero attached hydrogens (tertiary/aromatic N) is 1. The van der Waals surface area contributed by atoms with Crippen LogP contribution in [0.4, 0.5) is 11.5 Å². The van der Waals surface area contributed by atoms with Gasteiger partial charge < -0.3 is 11.1 Å². The molecule has 0 amide bonds. The third-order valence-corrected chi connectivity index (χ3v) is 2.22. The van der Waals surface area contributed by atoms with Gasteiger partial charge >= 0.3 is 0 Å².